The minimum Gasteiger partial charge on any atom is -0.325 e. The first-order valence-corrected chi connectivity index (χ1v) is 10.1. The van der Waals surface area contributed by atoms with Crippen molar-refractivity contribution < 1.29 is 4.79 Å². The van der Waals surface area contributed by atoms with E-state index in [2.05, 4.69) is 17.3 Å². The highest BCUT2D eigenvalue weighted by molar-refractivity contribution is 7.99. The van der Waals surface area contributed by atoms with Crippen molar-refractivity contribution in [3.8, 4) is 5.69 Å². The van der Waals surface area contributed by atoms with Crippen molar-refractivity contribution in [3.05, 3.63) is 81.6 Å². The van der Waals surface area contributed by atoms with E-state index >= 15 is 0 Å². The summed E-state index contributed by atoms with van der Waals surface area (Å²) in [7, 11) is 0. The van der Waals surface area contributed by atoms with E-state index < -0.39 is 0 Å². The number of hydrogen-bond acceptors (Lipinski definition) is 4. The third-order valence-corrected chi connectivity index (χ3v) is 5.40. The van der Waals surface area contributed by atoms with Crippen LogP contribution in [0.3, 0.4) is 0 Å². The molecule has 0 radical (unpaired) electrons. The maximum absolute atomic E-state index is 12.3. The Kier molecular flexibility index (Phi) is 6.31. The van der Waals surface area contributed by atoms with Gasteiger partial charge in [-0.05, 0) is 67.3 Å². The first-order chi connectivity index (χ1) is 13.5. The van der Waals surface area contributed by atoms with Crippen LogP contribution in [0.2, 0.25) is 0 Å². The van der Waals surface area contributed by atoms with E-state index in [0.29, 0.717) is 5.03 Å². The zero-order chi connectivity index (χ0) is 20.1. The van der Waals surface area contributed by atoms with Crippen LogP contribution in [-0.2, 0) is 11.2 Å². The van der Waals surface area contributed by atoms with Crippen LogP contribution in [0.15, 0.2) is 64.4 Å². The Balaban J connectivity index is 1.70. The molecule has 0 saturated heterocycles. The van der Waals surface area contributed by atoms with Crippen LogP contribution in [-0.4, -0.2) is 21.4 Å². The normalized spacial score (nSPS) is 10.7. The van der Waals surface area contributed by atoms with Crippen molar-refractivity contribution in [3.63, 3.8) is 0 Å². The summed E-state index contributed by atoms with van der Waals surface area (Å²) < 4.78 is 1.37. The lowest BCUT2D eigenvalue weighted by Crippen LogP contribution is -2.21. The summed E-state index contributed by atoms with van der Waals surface area (Å²) in [5, 5.41) is 7.93. The van der Waals surface area contributed by atoms with Gasteiger partial charge in [-0.3, -0.25) is 9.59 Å². The van der Waals surface area contributed by atoms with E-state index in [9.17, 15) is 9.59 Å². The number of anilines is 1. The van der Waals surface area contributed by atoms with Gasteiger partial charge in [0.05, 0.1) is 11.4 Å². The van der Waals surface area contributed by atoms with Gasteiger partial charge in [0.2, 0.25) is 5.91 Å². The summed E-state index contributed by atoms with van der Waals surface area (Å²) in [5.74, 6) is 0.109. The second kappa shape index (κ2) is 8.89. The summed E-state index contributed by atoms with van der Waals surface area (Å²) in [6.07, 6.45) is 0.919. The molecule has 3 aromatic rings. The van der Waals surface area contributed by atoms with Crippen LogP contribution >= 0.6 is 11.8 Å². The molecule has 0 aliphatic rings. The number of rotatable bonds is 6. The van der Waals surface area contributed by atoms with Gasteiger partial charge in [0, 0.05) is 11.8 Å². The van der Waals surface area contributed by atoms with Gasteiger partial charge in [0.25, 0.3) is 5.56 Å². The average Bonchev–Trinajstić information content (AvgIpc) is 2.69. The minimum absolute atomic E-state index is 0.107. The van der Waals surface area contributed by atoms with Crippen LogP contribution in [0.25, 0.3) is 5.69 Å². The van der Waals surface area contributed by atoms with Crippen molar-refractivity contribution >= 4 is 23.4 Å². The predicted octanol–water partition coefficient (Wildman–Crippen LogP) is 4.14. The van der Waals surface area contributed by atoms with Gasteiger partial charge in [-0.25, -0.2) is 0 Å². The molecule has 1 heterocycles. The topological polar surface area (TPSA) is 64.0 Å². The largest absolute Gasteiger partial charge is 0.325 e. The number of amides is 1. The maximum atomic E-state index is 12.3. The summed E-state index contributed by atoms with van der Waals surface area (Å²) in [6.45, 7) is 6.10. The maximum Gasteiger partial charge on any atom is 0.271 e. The molecule has 1 aromatic heterocycles. The number of benzene rings is 2. The molecule has 0 saturated carbocycles. The monoisotopic (exact) mass is 393 g/mol. The minimum atomic E-state index is -0.201. The molecular weight excluding hydrogens is 370 g/mol. The lowest BCUT2D eigenvalue weighted by molar-refractivity contribution is -0.113. The van der Waals surface area contributed by atoms with Gasteiger partial charge < -0.3 is 5.32 Å². The fourth-order valence-corrected chi connectivity index (χ4v) is 3.37. The van der Waals surface area contributed by atoms with Crippen molar-refractivity contribution in [2.24, 2.45) is 0 Å². The SMILES string of the molecule is CCc1cccc(NC(=O)CSc2ccc(=O)n(-c3ccc(C)c(C)c3)n2)c1. The second-order valence-electron chi connectivity index (χ2n) is 6.58. The molecule has 0 spiro atoms. The molecule has 144 valence electrons. The Hall–Kier alpha value is -2.86. The zero-order valence-corrected chi connectivity index (χ0v) is 17.0. The number of aryl methyl sites for hydroxylation is 3. The first kappa shape index (κ1) is 19.9. The zero-order valence-electron chi connectivity index (χ0n) is 16.2. The van der Waals surface area contributed by atoms with E-state index in [1.54, 1.807) is 6.07 Å². The smallest absolute Gasteiger partial charge is 0.271 e. The molecule has 0 atom stereocenters. The fraction of sp³-hybridized carbons (Fsp3) is 0.227. The summed E-state index contributed by atoms with van der Waals surface area (Å²) in [6, 6.07) is 16.7. The number of carbonyl (C=O) groups excluding carboxylic acids is 1. The highest BCUT2D eigenvalue weighted by Crippen LogP contribution is 2.17. The van der Waals surface area contributed by atoms with E-state index in [0.717, 1.165) is 28.9 Å². The van der Waals surface area contributed by atoms with Gasteiger partial charge >= 0.3 is 0 Å². The Labute approximate surface area is 168 Å². The standard InChI is InChI=1S/C22H23N3O2S/c1-4-17-6-5-7-18(13-17)23-20(26)14-28-21-10-11-22(27)25(24-21)19-9-8-15(2)16(3)12-19/h5-13H,4,14H2,1-3H3,(H,23,26). The first-order valence-electron chi connectivity index (χ1n) is 9.16. The summed E-state index contributed by atoms with van der Waals surface area (Å²) >= 11 is 1.30. The summed E-state index contributed by atoms with van der Waals surface area (Å²) in [4.78, 5) is 24.5. The van der Waals surface area contributed by atoms with Crippen molar-refractivity contribution in [2.75, 3.05) is 11.1 Å². The molecule has 0 aliphatic heterocycles. The van der Waals surface area contributed by atoms with Gasteiger partial charge in [-0.2, -0.15) is 9.78 Å². The predicted molar refractivity (Wildman–Crippen MR) is 114 cm³/mol. The molecule has 1 N–H and O–H groups in total. The summed E-state index contributed by atoms with van der Waals surface area (Å²) in [5.41, 5.74) is 4.74. The van der Waals surface area contributed by atoms with Gasteiger partial charge in [-0.15, -0.1) is 0 Å². The quantitative estimate of drug-likeness (QED) is 0.639. The van der Waals surface area contributed by atoms with E-state index in [1.165, 1.54) is 28.1 Å². The molecule has 6 heteroatoms. The van der Waals surface area contributed by atoms with E-state index in [1.807, 2.05) is 56.3 Å². The molecule has 0 bridgehead atoms. The fourth-order valence-electron chi connectivity index (χ4n) is 2.72. The van der Waals surface area contributed by atoms with E-state index in [-0.39, 0.29) is 17.2 Å². The molecule has 1 amide bonds. The molecule has 2 aromatic carbocycles. The van der Waals surface area contributed by atoms with E-state index in [4.69, 9.17) is 0 Å². The third-order valence-electron chi connectivity index (χ3n) is 4.48. The Morgan fingerprint density at radius 3 is 2.64 bits per heavy atom. The molecule has 5 nitrogen and oxygen atoms in total. The van der Waals surface area contributed by atoms with Crippen LogP contribution in [0.4, 0.5) is 5.69 Å². The van der Waals surface area contributed by atoms with Crippen molar-refractivity contribution in [1.29, 1.82) is 0 Å². The molecular formula is C22H23N3O2S. The van der Waals surface area contributed by atoms with Crippen LogP contribution in [0.5, 0.6) is 0 Å². The highest BCUT2D eigenvalue weighted by Gasteiger charge is 2.08. The average molecular weight is 394 g/mol. The van der Waals surface area contributed by atoms with Gasteiger partial charge in [-0.1, -0.05) is 36.9 Å². The number of thioether (sulfide) groups is 1. The second-order valence-corrected chi connectivity index (χ2v) is 7.58. The number of nitrogens with zero attached hydrogens (tertiary/aromatic N) is 2. The third kappa shape index (κ3) is 4.89. The molecule has 0 aliphatic carbocycles. The van der Waals surface area contributed by atoms with Gasteiger partial charge in [0.15, 0.2) is 0 Å². The van der Waals surface area contributed by atoms with Crippen LogP contribution in [0.1, 0.15) is 23.6 Å². The molecule has 0 fully saturated rings. The highest BCUT2D eigenvalue weighted by atomic mass is 32.2. The number of aromatic nitrogens is 2. The lowest BCUT2D eigenvalue weighted by atomic mass is 10.1. The number of nitrogens with one attached hydrogen (secondary N) is 1. The van der Waals surface area contributed by atoms with Gasteiger partial charge in [0.1, 0.15) is 5.03 Å². The molecule has 3 rings (SSSR count). The lowest BCUT2D eigenvalue weighted by Gasteiger charge is -2.09. The molecule has 0 unspecified atom stereocenters. The van der Waals surface area contributed by atoms with Crippen molar-refractivity contribution in [2.45, 2.75) is 32.2 Å². The van der Waals surface area contributed by atoms with Crippen molar-refractivity contribution in [1.82, 2.24) is 9.78 Å². The number of carbonyl (C=O) groups is 1. The number of hydrogen-bond donors (Lipinski definition) is 1. The Morgan fingerprint density at radius 2 is 1.89 bits per heavy atom. The molecule has 28 heavy (non-hydrogen) atoms. The Morgan fingerprint density at radius 1 is 1.07 bits per heavy atom. The van der Waals surface area contributed by atoms with Crippen LogP contribution < -0.4 is 10.9 Å². The van der Waals surface area contributed by atoms with Crippen LogP contribution in [0, 0.1) is 13.8 Å². The Bertz CT molecular complexity index is 1060.